The highest BCUT2D eigenvalue weighted by Gasteiger charge is 2.53. The monoisotopic (exact) mass is 291 g/mol. The second-order valence-corrected chi connectivity index (χ2v) is 6.49. The van der Waals surface area contributed by atoms with Gasteiger partial charge in [0.1, 0.15) is 0 Å². The first-order chi connectivity index (χ1) is 9.89. The summed E-state index contributed by atoms with van der Waals surface area (Å²) >= 11 is 0. The van der Waals surface area contributed by atoms with E-state index >= 15 is 0 Å². The summed E-state index contributed by atoms with van der Waals surface area (Å²) in [6, 6.07) is 4.12. The van der Waals surface area contributed by atoms with E-state index in [1.807, 2.05) is 27.1 Å². The maximum atomic E-state index is 13.9. The largest absolute Gasteiger partial charge is 0.378 e. The smallest absolute Gasteiger partial charge is 0.260 e. The van der Waals surface area contributed by atoms with Crippen molar-refractivity contribution in [2.45, 2.75) is 37.8 Å². The normalized spacial score (nSPS) is 23.2. The summed E-state index contributed by atoms with van der Waals surface area (Å²) in [5.74, 6) is -0.0969. The van der Waals surface area contributed by atoms with E-state index in [2.05, 4.69) is 16.0 Å². The first-order valence-corrected chi connectivity index (χ1v) is 7.53. The zero-order chi connectivity index (χ0) is 15.2. The van der Waals surface area contributed by atoms with Gasteiger partial charge in [0, 0.05) is 50.2 Å². The number of amides is 1. The summed E-state index contributed by atoms with van der Waals surface area (Å²) in [5.41, 5.74) is 1.55. The van der Waals surface area contributed by atoms with Crippen LogP contribution < -0.4 is 4.90 Å². The van der Waals surface area contributed by atoms with Gasteiger partial charge in [-0.15, -0.1) is 0 Å². The van der Waals surface area contributed by atoms with Crippen LogP contribution in [0.25, 0.3) is 0 Å². The molecule has 1 aliphatic carbocycles. The first kappa shape index (κ1) is 14.3. The summed E-state index contributed by atoms with van der Waals surface area (Å²) in [6.45, 7) is 3.21. The Balaban J connectivity index is 1.75. The molecule has 114 valence electrons. The molecule has 0 aromatic carbocycles. The molecule has 0 radical (unpaired) electrons. The van der Waals surface area contributed by atoms with Crippen molar-refractivity contribution in [3.63, 3.8) is 0 Å². The molecule has 1 aromatic heterocycles. The van der Waals surface area contributed by atoms with E-state index in [9.17, 15) is 9.18 Å². The Morgan fingerprint density at radius 1 is 1.43 bits per heavy atom. The highest BCUT2D eigenvalue weighted by molar-refractivity contribution is 5.88. The third-order valence-electron chi connectivity index (χ3n) is 4.44. The minimum absolute atomic E-state index is 0.217. The molecule has 1 aliphatic heterocycles. The van der Waals surface area contributed by atoms with Gasteiger partial charge < -0.3 is 9.80 Å². The Kier molecular flexibility index (Phi) is 3.38. The van der Waals surface area contributed by atoms with Crippen LogP contribution in [0.1, 0.15) is 36.6 Å². The van der Waals surface area contributed by atoms with E-state index in [0.717, 1.165) is 23.5 Å². The fourth-order valence-corrected chi connectivity index (χ4v) is 2.94. The number of pyridine rings is 1. The molecule has 0 bridgehead atoms. The fraction of sp³-hybridized carbons (Fsp3) is 0.625. The molecule has 1 unspecified atom stereocenters. The van der Waals surface area contributed by atoms with Crippen molar-refractivity contribution in [1.29, 1.82) is 0 Å². The SMILES string of the molecule is Cc1cc(N(C)C)cc(C2CCN(C(=O)C3(F)CC3)C2)n1. The number of nitrogens with zero attached hydrogens (tertiary/aromatic N) is 3. The molecule has 1 atom stereocenters. The predicted octanol–water partition coefficient (Wildman–Crippen LogP) is 2.27. The van der Waals surface area contributed by atoms with Crippen LogP contribution in [0.3, 0.4) is 0 Å². The number of carbonyl (C=O) groups is 1. The molecule has 2 heterocycles. The highest BCUT2D eigenvalue weighted by Crippen LogP contribution is 2.43. The van der Waals surface area contributed by atoms with E-state index in [4.69, 9.17) is 0 Å². The van der Waals surface area contributed by atoms with Crippen LogP contribution in [0, 0.1) is 6.92 Å². The summed E-state index contributed by atoms with van der Waals surface area (Å²) in [7, 11) is 4.01. The summed E-state index contributed by atoms with van der Waals surface area (Å²) in [6.07, 6.45) is 1.64. The number of rotatable bonds is 3. The summed E-state index contributed by atoms with van der Waals surface area (Å²) in [5, 5.41) is 0. The molecule has 0 spiro atoms. The minimum atomic E-state index is -1.55. The zero-order valence-corrected chi connectivity index (χ0v) is 12.9. The molecule has 1 saturated carbocycles. The molecular weight excluding hydrogens is 269 g/mol. The number of anilines is 1. The van der Waals surface area contributed by atoms with Crippen LogP contribution in [0.4, 0.5) is 10.1 Å². The number of hydrogen-bond donors (Lipinski definition) is 0. The minimum Gasteiger partial charge on any atom is -0.378 e. The second kappa shape index (κ2) is 4.97. The van der Waals surface area contributed by atoms with Gasteiger partial charge in [0.15, 0.2) is 5.67 Å². The molecule has 1 amide bonds. The molecular formula is C16H22FN3O. The van der Waals surface area contributed by atoms with Crippen molar-refractivity contribution in [2.75, 3.05) is 32.1 Å². The van der Waals surface area contributed by atoms with Gasteiger partial charge in [-0.2, -0.15) is 0 Å². The van der Waals surface area contributed by atoms with E-state index in [1.54, 1.807) is 4.90 Å². The molecule has 3 rings (SSSR count). The zero-order valence-electron chi connectivity index (χ0n) is 12.9. The van der Waals surface area contributed by atoms with Crippen molar-refractivity contribution >= 4 is 11.6 Å². The van der Waals surface area contributed by atoms with Crippen molar-refractivity contribution in [1.82, 2.24) is 9.88 Å². The molecule has 2 fully saturated rings. The number of alkyl halides is 1. The van der Waals surface area contributed by atoms with Gasteiger partial charge in [-0.05, 0) is 38.3 Å². The standard InChI is InChI=1S/C16H22FN3O/c1-11-8-13(19(2)3)9-14(18-11)12-4-7-20(10-12)15(21)16(17)5-6-16/h8-9,12H,4-7,10H2,1-3H3. The van der Waals surface area contributed by atoms with Crippen LogP contribution in [0.15, 0.2) is 12.1 Å². The maximum Gasteiger partial charge on any atom is 0.260 e. The molecule has 5 heteroatoms. The third-order valence-corrected chi connectivity index (χ3v) is 4.44. The molecule has 1 saturated heterocycles. The fourth-order valence-electron chi connectivity index (χ4n) is 2.94. The Labute approximate surface area is 125 Å². The van der Waals surface area contributed by atoms with E-state index in [0.29, 0.717) is 25.9 Å². The quantitative estimate of drug-likeness (QED) is 0.857. The lowest BCUT2D eigenvalue weighted by molar-refractivity contribution is -0.137. The number of aryl methyl sites for hydroxylation is 1. The topological polar surface area (TPSA) is 36.4 Å². The van der Waals surface area contributed by atoms with Gasteiger partial charge in [0.25, 0.3) is 5.91 Å². The number of likely N-dealkylation sites (tertiary alicyclic amines) is 1. The lowest BCUT2D eigenvalue weighted by atomic mass is 10.0. The predicted molar refractivity (Wildman–Crippen MR) is 80.3 cm³/mol. The van der Waals surface area contributed by atoms with Gasteiger partial charge in [0.2, 0.25) is 0 Å². The molecule has 4 nitrogen and oxygen atoms in total. The van der Waals surface area contributed by atoms with E-state index < -0.39 is 5.67 Å². The Hall–Kier alpha value is -1.65. The Morgan fingerprint density at radius 2 is 2.14 bits per heavy atom. The average molecular weight is 291 g/mol. The molecule has 21 heavy (non-hydrogen) atoms. The van der Waals surface area contributed by atoms with Gasteiger partial charge >= 0.3 is 0 Å². The number of halogens is 1. The van der Waals surface area contributed by atoms with Crippen LogP contribution in [0.2, 0.25) is 0 Å². The number of carbonyl (C=O) groups excluding carboxylic acids is 1. The Bertz CT molecular complexity index is 569. The van der Waals surface area contributed by atoms with Crippen molar-refractivity contribution in [3.8, 4) is 0 Å². The highest BCUT2D eigenvalue weighted by atomic mass is 19.1. The van der Waals surface area contributed by atoms with E-state index in [1.165, 1.54) is 0 Å². The Morgan fingerprint density at radius 3 is 2.76 bits per heavy atom. The van der Waals surface area contributed by atoms with Crippen LogP contribution in [0.5, 0.6) is 0 Å². The van der Waals surface area contributed by atoms with Crippen molar-refractivity contribution in [2.24, 2.45) is 0 Å². The van der Waals surface area contributed by atoms with Gasteiger partial charge in [-0.1, -0.05) is 0 Å². The van der Waals surface area contributed by atoms with E-state index in [-0.39, 0.29) is 11.8 Å². The van der Waals surface area contributed by atoms with Crippen molar-refractivity contribution in [3.05, 3.63) is 23.5 Å². The van der Waals surface area contributed by atoms with Crippen LogP contribution in [-0.4, -0.2) is 48.6 Å². The lowest BCUT2D eigenvalue weighted by Gasteiger charge is -2.19. The molecule has 0 N–H and O–H groups in total. The average Bonchev–Trinajstić information content (AvgIpc) is 3.02. The lowest BCUT2D eigenvalue weighted by Crippen LogP contribution is -2.36. The summed E-state index contributed by atoms with van der Waals surface area (Å²) < 4.78 is 13.9. The molecule has 1 aromatic rings. The van der Waals surface area contributed by atoms with Crippen molar-refractivity contribution < 1.29 is 9.18 Å². The summed E-state index contributed by atoms with van der Waals surface area (Å²) in [4.78, 5) is 20.4. The second-order valence-electron chi connectivity index (χ2n) is 6.49. The molecule has 2 aliphatic rings. The maximum absolute atomic E-state index is 13.9. The number of hydrogen-bond acceptors (Lipinski definition) is 3. The van der Waals surface area contributed by atoms with Gasteiger partial charge in [0.05, 0.1) is 0 Å². The first-order valence-electron chi connectivity index (χ1n) is 7.53. The van der Waals surface area contributed by atoms with Crippen LogP contribution in [-0.2, 0) is 4.79 Å². The van der Waals surface area contributed by atoms with Gasteiger partial charge in [-0.3, -0.25) is 9.78 Å². The van der Waals surface area contributed by atoms with Crippen LogP contribution >= 0.6 is 0 Å². The van der Waals surface area contributed by atoms with Gasteiger partial charge in [-0.25, -0.2) is 4.39 Å². The third kappa shape index (κ3) is 2.74. The number of aromatic nitrogens is 1.